The minimum atomic E-state index is -1.07. The van der Waals surface area contributed by atoms with Crippen LogP contribution in [0.15, 0.2) is 0 Å². The average Bonchev–Trinajstić information content (AvgIpc) is 2.25. The first-order valence-electron chi connectivity index (χ1n) is 6.63. The maximum Gasteiger partial charge on any atom is 0.411 e. The number of rotatable bonds is 1. The lowest BCUT2D eigenvalue weighted by atomic mass is 9.73. The molecule has 4 atom stereocenters. The summed E-state index contributed by atoms with van der Waals surface area (Å²) in [7, 11) is 0. The molecule has 2 saturated heterocycles. The number of carbonyl (C=O) groups is 2. The summed E-state index contributed by atoms with van der Waals surface area (Å²) in [6.07, 6.45) is 0.570. The number of amides is 1. The van der Waals surface area contributed by atoms with Crippen molar-refractivity contribution in [3.8, 4) is 0 Å². The van der Waals surface area contributed by atoms with Gasteiger partial charge in [0.1, 0.15) is 11.6 Å². The van der Waals surface area contributed by atoms with Crippen LogP contribution in [-0.4, -0.2) is 51.0 Å². The van der Waals surface area contributed by atoms with E-state index in [0.29, 0.717) is 12.8 Å². The van der Waals surface area contributed by atoms with Gasteiger partial charge >= 0.3 is 12.1 Å². The smallest absolute Gasteiger partial charge is 0.411 e. The highest BCUT2D eigenvalue weighted by Gasteiger charge is 2.52. The van der Waals surface area contributed by atoms with Gasteiger partial charge in [-0.05, 0) is 40.0 Å². The molecule has 108 valence electrons. The molecular weight excluding hydrogens is 250 g/mol. The third-order valence-electron chi connectivity index (χ3n) is 3.80. The molecule has 3 rings (SSSR count). The monoisotopic (exact) mass is 271 g/mol. The average molecular weight is 271 g/mol. The zero-order valence-corrected chi connectivity index (χ0v) is 11.5. The van der Waals surface area contributed by atoms with E-state index in [0.717, 1.165) is 6.42 Å². The molecule has 0 aromatic heterocycles. The maximum atomic E-state index is 12.2. The third kappa shape index (κ3) is 2.68. The molecule has 3 fully saturated rings. The number of carboxylic acid groups (broad SMARTS) is 1. The Bertz CT molecular complexity index is 389. The van der Waals surface area contributed by atoms with Crippen LogP contribution in [0.5, 0.6) is 0 Å². The number of hydrogen-bond donors (Lipinski definition) is 2. The lowest BCUT2D eigenvalue weighted by molar-refractivity contribution is -0.159. The minimum absolute atomic E-state index is 0.240. The van der Waals surface area contributed by atoms with Gasteiger partial charge in [-0.1, -0.05) is 0 Å². The fourth-order valence-electron chi connectivity index (χ4n) is 3.08. The Balaban J connectivity index is 2.22. The number of ether oxygens (including phenoxy) is 1. The van der Waals surface area contributed by atoms with Crippen molar-refractivity contribution < 1.29 is 24.5 Å². The molecule has 2 heterocycles. The Kier molecular flexibility index (Phi) is 3.47. The van der Waals surface area contributed by atoms with Crippen molar-refractivity contribution in [3.05, 3.63) is 0 Å². The fourth-order valence-corrected chi connectivity index (χ4v) is 3.08. The first kappa shape index (κ1) is 14.1. The van der Waals surface area contributed by atoms with E-state index >= 15 is 0 Å². The second-order valence-corrected chi connectivity index (χ2v) is 6.37. The molecule has 2 bridgehead atoms. The third-order valence-corrected chi connectivity index (χ3v) is 3.80. The van der Waals surface area contributed by atoms with Gasteiger partial charge in [-0.15, -0.1) is 0 Å². The number of aliphatic hydroxyl groups excluding tert-OH is 1. The van der Waals surface area contributed by atoms with Crippen LogP contribution < -0.4 is 0 Å². The highest BCUT2D eigenvalue weighted by atomic mass is 16.6. The van der Waals surface area contributed by atoms with Crippen LogP contribution >= 0.6 is 0 Å². The van der Waals surface area contributed by atoms with Gasteiger partial charge in [0.05, 0.1) is 6.10 Å². The van der Waals surface area contributed by atoms with E-state index in [2.05, 4.69) is 0 Å². The number of piperidine rings is 2. The molecular formula is C13H21NO5. The van der Waals surface area contributed by atoms with Crippen LogP contribution in [0.1, 0.15) is 40.0 Å². The van der Waals surface area contributed by atoms with Crippen molar-refractivity contribution in [2.45, 2.75) is 63.8 Å². The number of fused-ring (bicyclic) bond motifs is 3. The topological polar surface area (TPSA) is 87.1 Å². The minimum Gasteiger partial charge on any atom is -0.480 e. The highest BCUT2D eigenvalue weighted by Crippen LogP contribution is 2.40. The summed E-state index contributed by atoms with van der Waals surface area (Å²) in [6.45, 7) is 5.24. The quantitative estimate of drug-likeness (QED) is 0.748. The molecule has 2 N–H and O–H groups in total. The van der Waals surface area contributed by atoms with E-state index in [-0.39, 0.29) is 6.04 Å². The van der Waals surface area contributed by atoms with Crippen molar-refractivity contribution in [2.75, 3.05) is 0 Å². The molecule has 6 heteroatoms. The predicted octanol–water partition coefficient (Wildman–Crippen LogP) is 1.22. The molecule has 3 aliphatic rings. The SMILES string of the molecule is CC(C)(C)OC(=O)N1[C@H]2CC[C@H](C(O)C2)[C@H]1C(=O)O. The summed E-state index contributed by atoms with van der Waals surface area (Å²) in [5, 5.41) is 19.2. The van der Waals surface area contributed by atoms with Crippen LogP contribution in [-0.2, 0) is 9.53 Å². The summed E-state index contributed by atoms with van der Waals surface area (Å²) in [5.74, 6) is -1.46. The van der Waals surface area contributed by atoms with Gasteiger partial charge in [-0.2, -0.15) is 0 Å². The number of aliphatic hydroxyl groups is 1. The Hall–Kier alpha value is -1.30. The van der Waals surface area contributed by atoms with E-state index < -0.39 is 35.7 Å². The number of carboxylic acids is 1. The molecule has 1 saturated carbocycles. The predicted molar refractivity (Wildman–Crippen MR) is 66.6 cm³/mol. The summed E-state index contributed by atoms with van der Waals surface area (Å²) in [6, 6.07) is -1.21. The molecule has 1 amide bonds. The molecule has 0 aromatic rings. The molecule has 0 aromatic carbocycles. The zero-order valence-electron chi connectivity index (χ0n) is 11.5. The van der Waals surface area contributed by atoms with E-state index in [4.69, 9.17) is 4.74 Å². The molecule has 0 radical (unpaired) electrons. The Labute approximate surface area is 112 Å². The second kappa shape index (κ2) is 4.67. The maximum absolute atomic E-state index is 12.2. The first-order valence-corrected chi connectivity index (χ1v) is 6.63. The van der Waals surface area contributed by atoms with Crippen LogP contribution in [0.25, 0.3) is 0 Å². The summed E-state index contributed by atoms with van der Waals surface area (Å²) in [5.41, 5.74) is -0.657. The zero-order chi connectivity index (χ0) is 14.4. The highest BCUT2D eigenvalue weighted by molar-refractivity contribution is 5.81. The summed E-state index contributed by atoms with van der Waals surface area (Å²) >= 11 is 0. The number of aliphatic carboxylic acids is 1. The molecule has 1 aliphatic carbocycles. The normalized spacial score (nSPS) is 34.2. The fraction of sp³-hybridized carbons (Fsp3) is 0.846. The molecule has 19 heavy (non-hydrogen) atoms. The van der Waals surface area contributed by atoms with Crippen molar-refractivity contribution in [3.63, 3.8) is 0 Å². The number of hydrogen-bond acceptors (Lipinski definition) is 4. The van der Waals surface area contributed by atoms with Crippen molar-refractivity contribution in [2.24, 2.45) is 5.92 Å². The molecule has 0 spiro atoms. The number of carbonyl (C=O) groups excluding carboxylic acids is 1. The first-order chi connectivity index (χ1) is 8.70. The van der Waals surface area contributed by atoms with E-state index in [1.54, 1.807) is 20.8 Å². The van der Waals surface area contributed by atoms with Crippen molar-refractivity contribution in [1.29, 1.82) is 0 Å². The van der Waals surface area contributed by atoms with Gasteiger partial charge in [0.2, 0.25) is 0 Å². The molecule has 2 aliphatic heterocycles. The van der Waals surface area contributed by atoms with Gasteiger partial charge in [0.15, 0.2) is 0 Å². The van der Waals surface area contributed by atoms with Crippen molar-refractivity contribution >= 4 is 12.1 Å². The Morgan fingerprint density at radius 3 is 2.37 bits per heavy atom. The number of nitrogens with zero attached hydrogens (tertiary/aromatic N) is 1. The lowest BCUT2D eigenvalue weighted by Crippen LogP contribution is -2.65. The van der Waals surface area contributed by atoms with Gasteiger partial charge in [0.25, 0.3) is 0 Å². The van der Waals surface area contributed by atoms with Gasteiger partial charge in [-0.3, -0.25) is 4.90 Å². The van der Waals surface area contributed by atoms with Crippen LogP contribution in [0.4, 0.5) is 4.79 Å². The van der Waals surface area contributed by atoms with Crippen LogP contribution in [0.3, 0.4) is 0 Å². The van der Waals surface area contributed by atoms with Gasteiger partial charge in [-0.25, -0.2) is 9.59 Å². The van der Waals surface area contributed by atoms with E-state index in [9.17, 15) is 19.8 Å². The van der Waals surface area contributed by atoms with E-state index in [1.165, 1.54) is 4.90 Å². The molecule has 1 unspecified atom stereocenters. The largest absolute Gasteiger partial charge is 0.480 e. The Morgan fingerprint density at radius 2 is 1.89 bits per heavy atom. The van der Waals surface area contributed by atoms with Crippen LogP contribution in [0, 0.1) is 5.92 Å². The summed E-state index contributed by atoms with van der Waals surface area (Å²) < 4.78 is 5.29. The summed E-state index contributed by atoms with van der Waals surface area (Å²) in [4.78, 5) is 24.9. The second-order valence-electron chi connectivity index (χ2n) is 6.37. The molecule has 6 nitrogen and oxygen atoms in total. The van der Waals surface area contributed by atoms with E-state index in [1.807, 2.05) is 0 Å². The van der Waals surface area contributed by atoms with Crippen molar-refractivity contribution in [1.82, 2.24) is 4.90 Å². The lowest BCUT2D eigenvalue weighted by Gasteiger charge is -2.51. The standard InChI is InChI=1S/C13H21NO5/c1-13(2,3)19-12(18)14-7-4-5-8(9(15)6-7)10(14)11(16)17/h7-10,15H,4-6H2,1-3H3,(H,16,17)/t7-,8+,9?,10-/m0/s1. The van der Waals surface area contributed by atoms with Crippen LogP contribution in [0.2, 0.25) is 0 Å². The Morgan fingerprint density at radius 1 is 1.26 bits per heavy atom. The van der Waals surface area contributed by atoms with Gasteiger partial charge < -0.3 is 14.9 Å². The van der Waals surface area contributed by atoms with Gasteiger partial charge in [0, 0.05) is 12.0 Å².